The van der Waals surface area contributed by atoms with Gasteiger partial charge in [0.1, 0.15) is 0 Å². The highest BCUT2D eigenvalue weighted by molar-refractivity contribution is 5.87. The van der Waals surface area contributed by atoms with Crippen molar-refractivity contribution in [1.82, 2.24) is 10.2 Å². The van der Waals surface area contributed by atoms with E-state index in [1.165, 1.54) is 17.1 Å². The van der Waals surface area contributed by atoms with Crippen LogP contribution in [0.5, 0.6) is 0 Å². The zero-order chi connectivity index (χ0) is 10.3. The molecular weight excluding hydrogens is 168 g/mol. The number of hydrogen-bond donors (Lipinski definition) is 1. The minimum Gasteiger partial charge on any atom is -0.351 e. The van der Waals surface area contributed by atoms with E-state index in [0.717, 1.165) is 0 Å². The number of amides is 2. The Labute approximate surface area is 77.9 Å². The Morgan fingerprint density at radius 2 is 2.00 bits per heavy atom. The van der Waals surface area contributed by atoms with Crippen LogP contribution in [0.15, 0.2) is 25.3 Å². The molecule has 0 spiro atoms. The van der Waals surface area contributed by atoms with Crippen LogP contribution in [0.25, 0.3) is 0 Å². The lowest BCUT2D eigenvalue weighted by Gasteiger charge is -2.14. The van der Waals surface area contributed by atoms with Gasteiger partial charge in [0.2, 0.25) is 11.8 Å². The van der Waals surface area contributed by atoms with E-state index >= 15 is 0 Å². The highest BCUT2D eigenvalue weighted by Crippen LogP contribution is 1.83. The zero-order valence-corrected chi connectivity index (χ0v) is 7.75. The van der Waals surface area contributed by atoms with E-state index in [4.69, 9.17) is 0 Å². The van der Waals surface area contributed by atoms with Gasteiger partial charge in [0, 0.05) is 20.1 Å². The minimum absolute atomic E-state index is 0.159. The van der Waals surface area contributed by atoms with Gasteiger partial charge in [-0.05, 0) is 12.2 Å². The Hall–Kier alpha value is -1.58. The third-order valence-corrected chi connectivity index (χ3v) is 1.48. The summed E-state index contributed by atoms with van der Waals surface area (Å²) in [4.78, 5) is 23.1. The van der Waals surface area contributed by atoms with Crippen molar-refractivity contribution in [2.24, 2.45) is 0 Å². The molecule has 0 bridgehead atoms. The molecule has 0 heterocycles. The van der Waals surface area contributed by atoms with Crippen LogP contribution in [-0.2, 0) is 9.59 Å². The molecule has 0 saturated carbocycles. The second kappa shape index (κ2) is 5.99. The van der Waals surface area contributed by atoms with Crippen LogP contribution >= 0.6 is 0 Å². The molecule has 13 heavy (non-hydrogen) atoms. The Morgan fingerprint density at radius 3 is 2.46 bits per heavy atom. The van der Waals surface area contributed by atoms with Gasteiger partial charge in [-0.15, -0.1) is 0 Å². The van der Waals surface area contributed by atoms with Crippen molar-refractivity contribution in [1.29, 1.82) is 0 Å². The Balaban J connectivity index is 3.64. The summed E-state index contributed by atoms with van der Waals surface area (Å²) in [5, 5.41) is 2.56. The fourth-order valence-corrected chi connectivity index (χ4v) is 0.685. The first kappa shape index (κ1) is 11.4. The number of nitrogens with one attached hydrogen (secondary N) is 1. The van der Waals surface area contributed by atoms with Gasteiger partial charge in [-0.2, -0.15) is 0 Å². The quantitative estimate of drug-likeness (QED) is 0.605. The number of rotatable bonds is 5. The third kappa shape index (κ3) is 4.79. The monoisotopic (exact) mass is 182 g/mol. The molecule has 0 rings (SSSR count). The highest BCUT2D eigenvalue weighted by atomic mass is 16.2. The maximum atomic E-state index is 10.9. The van der Waals surface area contributed by atoms with Gasteiger partial charge in [0.25, 0.3) is 0 Å². The molecule has 1 N–H and O–H groups in total. The first-order valence-electron chi connectivity index (χ1n) is 3.89. The number of hydrogen-bond acceptors (Lipinski definition) is 2. The second-order valence-corrected chi connectivity index (χ2v) is 2.46. The summed E-state index contributed by atoms with van der Waals surface area (Å²) >= 11 is 0. The molecule has 0 aromatic heterocycles. The number of carbonyl (C=O) groups excluding carboxylic acids is 2. The van der Waals surface area contributed by atoms with Crippen LogP contribution in [0.4, 0.5) is 0 Å². The van der Waals surface area contributed by atoms with Crippen LogP contribution in [0, 0.1) is 0 Å². The number of likely N-dealkylation sites (N-methyl/N-ethyl adjacent to an activating group) is 1. The van der Waals surface area contributed by atoms with Gasteiger partial charge in [-0.1, -0.05) is 13.2 Å². The first-order valence-corrected chi connectivity index (χ1v) is 3.89. The molecule has 0 fully saturated rings. The molecule has 72 valence electrons. The summed E-state index contributed by atoms with van der Waals surface area (Å²) < 4.78 is 0. The lowest BCUT2D eigenvalue weighted by molar-refractivity contribution is -0.125. The van der Waals surface area contributed by atoms with Crippen molar-refractivity contribution in [2.75, 3.05) is 20.1 Å². The maximum absolute atomic E-state index is 10.9. The third-order valence-electron chi connectivity index (χ3n) is 1.48. The van der Waals surface area contributed by atoms with E-state index in [1.807, 2.05) is 0 Å². The summed E-state index contributed by atoms with van der Waals surface area (Å²) in [7, 11) is 1.64. The SMILES string of the molecule is C=CC(=O)NCCN(C)C(=O)C=C. The molecule has 2 amide bonds. The van der Waals surface area contributed by atoms with Gasteiger partial charge in [0.05, 0.1) is 0 Å². The van der Waals surface area contributed by atoms with Crippen LogP contribution in [-0.4, -0.2) is 36.9 Å². The topological polar surface area (TPSA) is 49.4 Å². The molecule has 0 aliphatic heterocycles. The average Bonchev–Trinajstić information content (AvgIpc) is 2.15. The predicted octanol–water partition coefficient (Wildman–Crippen LogP) is -0.0670. The molecule has 0 aliphatic carbocycles. The average molecular weight is 182 g/mol. The minimum atomic E-state index is -0.237. The lowest BCUT2D eigenvalue weighted by Crippen LogP contribution is -2.34. The first-order chi connectivity index (χ1) is 6.11. The lowest BCUT2D eigenvalue weighted by atomic mass is 10.4. The Kier molecular flexibility index (Phi) is 5.27. The van der Waals surface area contributed by atoms with E-state index in [-0.39, 0.29) is 11.8 Å². The molecule has 0 atom stereocenters. The van der Waals surface area contributed by atoms with E-state index in [2.05, 4.69) is 18.5 Å². The summed E-state index contributed by atoms with van der Waals surface area (Å²) in [6, 6.07) is 0. The molecule has 0 aliphatic rings. The van der Waals surface area contributed by atoms with Gasteiger partial charge in [0.15, 0.2) is 0 Å². The number of carbonyl (C=O) groups is 2. The standard InChI is InChI=1S/C9H14N2O2/c1-4-8(12)10-6-7-11(3)9(13)5-2/h4-5H,1-2,6-7H2,3H3,(H,10,12). The zero-order valence-electron chi connectivity index (χ0n) is 7.75. The Bertz CT molecular complexity index is 224. The largest absolute Gasteiger partial charge is 0.351 e. The molecule has 0 unspecified atom stereocenters. The molecule has 4 nitrogen and oxygen atoms in total. The molecule has 0 aromatic carbocycles. The van der Waals surface area contributed by atoms with Gasteiger partial charge in [-0.25, -0.2) is 0 Å². The van der Waals surface area contributed by atoms with Crippen molar-refractivity contribution < 1.29 is 9.59 Å². The molecule has 0 saturated heterocycles. The van der Waals surface area contributed by atoms with E-state index in [0.29, 0.717) is 13.1 Å². The van der Waals surface area contributed by atoms with Gasteiger partial charge in [-0.3, -0.25) is 9.59 Å². The predicted molar refractivity (Wildman–Crippen MR) is 51.0 cm³/mol. The molecular formula is C9H14N2O2. The normalized spacial score (nSPS) is 8.69. The highest BCUT2D eigenvalue weighted by Gasteiger charge is 2.02. The van der Waals surface area contributed by atoms with Crippen molar-refractivity contribution in [3.63, 3.8) is 0 Å². The molecule has 0 radical (unpaired) electrons. The van der Waals surface area contributed by atoms with Crippen LogP contribution in [0.2, 0.25) is 0 Å². The van der Waals surface area contributed by atoms with Crippen LogP contribution in [0.1, 0.15) is 0 Å². The summed E-state index contributed by atoms with van der Waals surface area (Å²) in [6.45, 7) is 7.53. The summed E-state index contributed by atoms with van der Waals surface area (Å²) in [5.74, 6) is -0.396. The fraction of sp³-hybridized carbons (Fsp3) is 0.333. The molecule has 4 heteroatoms. The summed E-state index contributed by atoms with van der Waals surface area (Å²) in [6.07, 6.45) is 2.42. The Morgan fingerprint density at radius 1 is 1.38 bits per heavy atom. The molecule has 0 aromatic rings. The van der Waals surface area contributed by atoms with E-state index < -0.39 is 0 Å². The second-order valence-electron chi connectivity index (χ2n) is 2.46. The van der Waals surface area contributed by atoms with Gasteiger partial charge >= 0.3 is 0 Å². The maximum Gasteiger partial charge on any atom is 0.245 e. The fourth-order valence-electron chi connectivity index (χ4n) is 0.685. The summed E-state index contributed by atoms with van der Waals surface area (Å²) in [5.41, 5.74) is 0. The number of nitrogens with zero attached hydrogens (tertiary/aromatic N) is 1. The van der Waals surface area contributed by atoms with Crippen LogP contribution in [0.3, 0.4) is 0 Å². The van der Waals surface area contributed by atoms with E-state index in [9.17, 15) is 9.59 Å². The van der Waals surface area contributed by atoms with Crippen molar-refractivity contribution in [3.05, 3.63) is 25.3 Å². The van der Waals surface area contributed by atoms with Gasteiger partial charge < -0.3 is 10.2 Å². The van der Waals surface area contributed by atoms with Crippen molar-refractivity contribution in [2.45, 2.75) is 0 Å². The van der Waals surface area contributed by atoms with Crippen molar-refractivity contribution >= 4 is 11.8 Å². The van der Waals surface area contributed by atoms with Crippen molar-refractivity contribution in [3.8, 4) is 0 Å². The smallest absolute Gasteiger partial charge is 0.245 e. The van der Waals surface area contributed by atoms with Crippen LogP contribution < -0.4 is 5.32 Å². The van der Waals surface area contributed by atoms with E-state index in [1.54, 1.807) is 7.05 Å².